The van der Waals surface area contributed by atoms with Crippen molar-refractivity contribution in [3.8, 4) is 0 Å². The number of Topliss-reactive ketones (excluding diaryl/α,β-unsaturated/α-hetero) is 1. The van der Waals surface area contributed by atoms with Gasteiger partial charge in [0.05, 0.1) is 5.84 Å². The molecule has 130 valence electrons. The molecule has 1 atom stereocenters. The Balaban J connectivity index is 0.000000534. The zero-order valence-electron chi connectivity index (χ0n) is 15.2. The summed E-state index contributed by atoms with van der Waals surface area (Å²) >= 11 is 0. The van der Waals surface area contributed by atoms with E-state index in [2.05, 4.69) is 25.8 Å². The van der Waals surface area contributed by atoms with Gasteiger partial charge in [0.15, 0.2) is 0 Å². The maximum atomic E-state index is 11.1. The van der Waals surface area contributed by atoms with Gasteiger partial charge >= 0.3 is 0 Å². The van der Waals surface area contributed by atoms with E-state index in [0.29, 0.717) is 24.5 Å². The fourth-order valence-corrected chi connectivity index (χ4v) is 2.62. The van der Waals surface area contributed by atoms with Crippen LogP contribution in [0.1, 0.15) is 97.8 Å². The number of ketones is 1. The van der Waals surface area contributed by atoms with Gasteiger partial charge in [-0.15, -0.1) is 0 Å². The van der Waals surface area contributed by atoms with Crippen LogP contribution in [0.2, 0.25) is 0 Å². The molecular formula is C19H38N2O. The molecule has 3 nitrogen and oxygen atoms in total. The van der Waals surface area contributed by atoms with Crippen LogP contribution in [-0.2, 0) is 4.79 Å². The normalized spacial score (nSPS) is 18.2. The maximum absolute atomic E-state index is 11.1. The summed E-state index contributed by atoms with van der Waals surface area (Å²) in [5.41, 5.74) is 5.85. The first-order chi connectivity index (χ1) is 10.7. The van der Waals surface area contributed by atoms with E-state index < -0.39 is 0 Å². The third-order valence-electron chi connectivity index (χ3n) is 4.18. The molecule has 0 unspecified atom stereocenters. The van der Waals surface area contributed by atoms with E-state index >= 15 is 0 Å². The number of nitrogens with two attached hydrogens (primary N) is 1. The Morgan fingerprint density at radius 3 is 2.00 bits per heavy atom. The van der Waals surface area contributed by atoms with E-state index in [4.69, 9.17) is 5.73 Å². The molecule has 0 saturated heterocycles. The van der Waals surface area contributed by atoms with E-state index in [1.165, 1.54) is 51.4 Å². The molecule has 0 bridgehead atoms. The van der Waals surface area contributed by atoms with Crippen LogP contribution in [0.4, 0.5) is 0 Å². The fourth-order valence-electron chi connectivity index (χ4n) is 2.62. The molecule has 0 aliphatic heterocycles. The minimum Gasteiger partial charge on any atom is -0.387 e. The molecule has 3 heteroatoms. The first-order valence-electron chi connectivity index (χ1n) is 9.47. The minimum absolute atomic E-state index is 0.240. The van der Waals surface area contributed by atoms with Gasteiger partial charge in [0.25, 0.3) is 0 Å². The van der Waals surface area contributed by atoms with E-state index in [1.54, 1.807) is 0 Å². The number of hydrogen-bond donors (Lipinski definition) is 1. The molecule has 1 aliphatic rings. The van der Waals surface area contributed by atoms with Crippen LogP contribution >= 0.6 is 0 Å². The molecule has 0 aromatic heterocycles. The average Bonchev–Trinajstić information content (AvgIpc) is 2.95. The second kappa shape index (κ2) is 15.1. The first kappa shape index (κ1) is 21.1. The van der Waals surface area contributed by atoms with Crippen LogP contribution < -0.4 is 5.73 Å². The third kappa shape index (κ3) is 11.8. The Hall–Kier alpha value is -0.860. The highest BCUT2D eigenvalue weighted by Gasteiger charge is 2.24. The van der Waals surface area contributed by atoms with Crippen LogP contribution in [0.5, 0.6) is 0 Å². The minimum atomic E-state index is 0.240. The van der Waals surface area contributed by atoms with Crippen LogP contribution in [0, 0.1) is 5.92 Å². The van der Waals surface area contributed by atoms with E-state index in [1.807, 2.05) is 0 Å². The molecule has 22 heavy (non-hydrogen) atoms. The lowest BCUT2D eigenvalue weighted by Crippen LogP contribution is -2.22. The maximum Gasteiger partial charge on any atom is 0.133 e. The summed E-state index contributed by atoms with van der Waals surface area (Å²) in [5, 5.41) is 0. The summed E-state index contributed by atoms with van der Waals surface area (Å²) in [5.74, 6) is 1.28. The van der Waals surface area contributed by atoms with Crippen LogP contribution in [0.3, 0.4) is 0 Å². The monoisotopic (exact) mass is 310 g/mol. The zero-order valence-corrected chi connectivity index (χ0v) is 15.2. The number of hydrogen-bond acceptors (Lipinski definition) is 2. The number of rotatable bonds is 10. The number of carbonyl (C=O) groups is 1. The zero-order chi connectivity index (χ0) is 16.6. The van der Waals surface area contributed by atoms with Crippen molar-refractivity contribution in [3.05, 3.63) is 0 Å². The summed E-state index contributed by atoms with van der Waals surface area (Å²) in [6.07, 6.45) is 14.1. The smallest absolute Gasteiger partial charge is 0.133 e. The van der Waals surface area contributed by atoms with Crippen molar-refractivity contribution in [2.24, 2.45) is 16.6 Å². The lowest BCUT2D eigenvalue weighted by atomic mass is 10.1. The Labute approximate surface area is 138 Å². The summed E-state index contributed by atoms with van der Waals surface area (Å²) in [7, 11) is 0. The lowest BCUT2D eigenvalue weighted by Gasteiger charge is -2.06. The van der Waals surface area contributed by atoms with Crippen LogP contribution in [-0.4, -0.2) is 18.2 Å². The highest BCUT2D eigenvalue weighted by molar-refractivity contribution is 5.91. The van der Waals surface area contributed by atoms with Gasteiger partial charge < -0.3 is 5.73 Å². The quantitative estimate of drug-likeness (QED) is 0.339. The number of nitrogens with zero attached hydrogens (tertiary/aromatic N) is 1. The molecule has 2 N–H and O–H groups in total. The molecule has 0 spiro atoms. The van der Waals surface area contributed by atoms with Gasteiger partial charge in [-0.1, -0.05) is 72.1 Å². The fraction of sp³-hybridized carbons (Fsp3) is 0.895. The summed E-state index contributed by atoms with van der Waals surface area (Å²) in [6.45, 7) is 7.52. The molecule has 0 heterocycles. The SMILES string of the molecule is CCCCCCC.CCCCCCN=C(N)[C@H]1CCC(=O)C1. The summed E-state index contributed by atoms with van der Waals surface area (Å²) < 4.78 is 0. The molecule has 1 rings (SSSR count). The largest absolute Gasteiger partial charge is 0.387 e. The Morgan fingerprint density at radius 2 is 1.55 bits per heavy atom. The molecule has 0 aromatic rings. The second-order valence-electron chi connectivity index (χ2n) is 6.41. The number of amidine groups is 1. The predicted octanol–water partition coefficient (Wildman–Crippen LogP) is 5.27. The van der Waals surface area contributed by atoms with E-state index in [-0.39, 0.29) is 5.92 Å². The Morgan fingerprint density at radius 1 is 1.00 bits per heavy atom. The number of carbonyl (C=O) groups excluding carboxylic acids is 1. The topological polar surface area (TPSA) is 55.4 Å². The molecule has 0 radical (unpaired) electrons. The highest BCUT2D eigenvalue weighted by Crippen LogP contribution is 2.21. The van der Waals surface area contributed by atoms with Crippen molar-refractivity contribution in [1.82, 2.24) is 0 Å². The average molecular weight is 311 g/mol. The number of aliphatic imine (C=N–C) groups is 1. The van der Waals surface area contributed by atoms with E-state index in [0.717, 1.165) is 19.4 Å². The van der Waals surface area contributed by atoms with Gasteiger partial charge in [0.2, 0.25) is 0 Å². The van der Waals surface area contributed by atoms with Gasteiger partial charge in [-0.2, -0.15) is 0 Å². The lowest BCUT2D eigenvalue weighted by molar-refractivity contribution is -0.117. The van der Waals surface area contributed by atoms with Crippen molar-refractivity contribution >= 4 is 11.6 Å². The first-order valence-corrected chi connectivity index (χ1v) is 9.47. The summed E-state index contributed by atoms with van der Waals surface area (Å²) in [6, 6.07) is 0. The third-order valence-corrected chi connectivity index (χ3v) is 4.18. The van der Waals surface area contributed by atoms with Crippen molar-refractivity contribution < 1.29 is 4.79 Å². The van der Waals surface area contributed by atoms with Crippen molar-refractivity contribution in [1.29, 1.82) is 0 Å². The number of unbranched alkanes of at least 4 members (excludes halogenated alkanes) is 7. The Bertz CT molecular complexity index is 296. The van der Waals surface area contributed by atoms with Gasteiger partial charge in [-0.25, -0.2) is 0 Å². The molecule has 1 fully saturated rings. The molecule has 1 aliphatic carbocycles. The van der Waals surface area contributed by atoms with Crippen molar-refractivity contribution in [2.75, 3.05) is 6.54 Å². The molecule has 1 saturated carbocycles. The highest BCUT2D eigenvalue weighted by atomic mass is 16.1. The van der Waals surface area contributed by atoms with Gasteiger partial charge in [0, 0.05) is 25.3 Å². The van der Waals surface area contributed by atoms with Crippen molar-refractivity contribution in [2.45, 2.75) is 97.8 Å². The second-order valence-corrected chi connectivity index (χ2v) is 6.41. The van der Waals surface area contributed by atoms with E-state index in [9.17, 15) is 4.79 Å². The van der Waals surface area contributed by atoms with Gasteiger partial charge in [0.1, 0.15) is 5.78 Å². The predicted molar refractivity (Wildman–Crippen MR) is 97.4 cm³/mol. The van der Waals surface area contributed by atoms with Crippen LogP contribution in [0.15, 0.2) is 4.99 Å². The molecule has 0 amide bonds. The van der Waals surface area contributed by atoms with Crippen molar-refractivity contribution in [3.63, 3.8) is 0 Å². The van der Waals surface area contributed by atoms with Gasteiger partial charge in [-0.05, 0) is 12.8 Å². The summed E-state index contributed by atoms with van der Waals surface area (Å²) in [4.78, 5) is 15.4. The molecular weight excluding hydrogens is 272 g/mol. The van der Waals surface area contributed by atoms with Crippen LogP contribution in [0.25, 0.3) is 0 Å². The Kier molecular flexibility index (Phi) is 14.5. The molecule has 0 aromatic carbocycles. The standard InChI is InChI=1S/C12H22N2O.C7H16/c1-2-3-4-5-8-14-12(13)10-6-7-11(15)9-10;1-3-5-7-6-4-2/h10H,2-9H2,1H3,(H2,13,14);3-7H2,1-2H3/t10-;/m0./s1. The van der Waals surface area contributed by atoms with Gasteiger partial charge in [-0.3, -0.25) is 9.79 Å².